The van der Waals surface area contributed by atoms with Gasteiger partial charge in [0.15, 0.2) is 11.5 Å². The molecule has 1 rings (SSSR count). The molecular formula is C7H9KO8S. The van der Waals surface area contributed by atoms with Gasteiger partial charge in [-0.25, -0.2) is 4.79 Å². The second-order valence-corrected chi connectivity index (χ2v) is 3.98. The van der Waals surface area contributed by atoms with Crippen molar-refractivity contribution < 1.29 is 38.6 Å². The Morgan fingerprint density at radius 1 is 1.12 bits per heavy atom. The summed E-state index contributed by atoms with van der Waals surface area (Å²) >= 11 is 0. The fourth-order valence-corrected chi connectivity index (χ4v) is 1.52. The molecule has 92 valence electrons. The van der Waals surface area contributed by atoms with Crippen LogP contribution in [0.2, 0.25) is 0 Å². The SMILES string of the molecule is O.O=C(O)c1ccc(S(=O)(=O)O)c(O)c1O.[KH]. The van der Waals surface area contributed by atoms with Crippen LogP contribution >= 0.6 is 0 Å². The molecule has 1 aromatic rings. The molecule has 0 fully saturated rings. The van der Waals surface area contributed by atoms with E-state index in [1.54, 1.807) is 0 Å². The zero-order valence-corrected chi connectivity index (χ0v) is 8.39. The third kappa shape index (κ3) is 4.19. The number of phenols is 2. The van der Waals surface area contributed by atoms with E-state index in [2.05, 4.69) is 0 Å². The van der Waals surface area contributed by atoms with E-state index in [9.17, 15) is 13.2 Å². The number of hydrogen-bond acceptors (Lipinski definition) is 5. The molecule has 8 nitrogen and oxygen atoms in total. The normalized spacial score (nSPS) is 9.94. The number of hydrogen-bond donors (Lipinski definition) is 4. The molecule has 0 amide bonds. The van der Waals surface area contributed by atoms with E-state index >= 15 is 0 Å². The molecule has 0 saturated carbocycles. The van der Waals surface area contributed by atoms with Crippen LogP contribution < -0.4 is 0 Å². The molecule has 10 heteroatoms. The summed E-state index contributed by atoms with van der Waals surface area (Å²) in [5.41, 5.74) is -0.667. The van der Waals surface area contributed by atoms with Gasteiger partial charge in [-0.2, -0.15) is 8.42 Å². The molecule has 6 N–H and O–H groups in total. The van der Waals surface area contributed by atoms with Crippen molar-refractivity contribution in [3.8, 4) is 11.5 Å². The monoisotopic (exact) mass is 292 g/mol. The summed E-state index contributed by atoms with van der Waals surface area (Å²) < 4.78 is 29.8. The van der Waals surface area contributed by atoms with E-state index in [0.29, 0.717) is 6.07 Å². The maximum atomic E-state index is 10.6. The number of carboxylic acids is 1. The zero-order valence-electron chi connectivity index (χ0n) is 7.58. The van der Waals surface area contributed by atoms with Crippen LogP contribution in [0, 0.1) is 0 Å². The molecule has 0 aliphatic carbocycles. The van der Waals surface area contributed by atoms with Crippen molar-refractivity contribution in [1.82, 2.24) is 0 Å². The molecule has 0 unspecified atom stereocenters. The van der Waals surface area contributed by atoms with E-state index < -0.39 is 38.0 Å². The van der Waals surface area contributed by atoms with Crippen LogP contribution in [0.15, 0.2) is 17.0 Å². The van der Waals surface area contributed by atoms with Crippen LogP contribution in [-0.2, 0) is 10.1 Å². The molecule has 0 aliphatic heterocycles. The number of carboxylic acid groups (broad SMARTS) is 1. The minimum atomic E-state index is -4.70. The standard InChI is InChI=1S/C7H6O7S.K.H2O.H/c8-5-3(7(10)11)1-2-4(6(5)9)15(12,13)14;;;/h1-2,8-9H,(H,10,11)(H,12,13,14);;1H2;. The summed E-state index contributed by atoms with van der Waals surface area (Å²) in [5.74, 6) is -3.85. The molecule has 0 bridgehead atoms. The van der Waals surface area contributed by atoms with Gasteiger partial charge in [-0.1, -0.05) is 0 Å². The van der Waals surface area contributed by atoms with Crippen LogP contribution in [0.4, 0.5) is 0 Å². The third-order valence-electron chi connectivity index (χ3n) is 1.62. The van der Waals surface area contributed by atoms with Crippen LogP contribution in [0.3, 0.4) is 0 Å². The number of rotatable bonds is 2. The minimum absolute atomic E-state index is 0. The third-order valence-corrected chi connectivity index (χ3v) is 2.51. The Bertz CT molecular complexity index is 523. The predicted octanol–water partition coefficient (Wildman–Crippen LogP) is -1.43. The average Bonchev–Trinajstić information content (AvgIpc) is 2.06. The number of phenolic OH excluding ortho intramolecular Hbond substituents is 1. The molecule has 0 heterocycles. The molecule has 1 aromatic carbocycles. The number of benzene rings is 1. The van der Waals surface area contributed by atoms with Gasteiger partial charge in [0, 0.05) is 0 Å². The summed E-state index contributed by atoms with van der Waals surface area (Å²) in [7, 11) is -4.70. The van der Waals surface area contributed by atoms with E-state index in [4.69, 9.17) is 19.9 Å². The van der Waals surface area contributed by atoms with Crippen molar-refractivity contribution >= 4 is 67.5 Å². The van der Waals surface area contributed by atoms with Gasteiger partial charge in [-0.15, -0.1) is 0 Å². The quantitative estimate of drug-likeness (QED) is 0.295. The van der Waals surface area contributed by atoms with E-state index in [0.717, 1.165) is 6.07 Å². The zero-order chi connectivity index (χ0) is 11.8. The van der Waals surface area contributed by atoms with Crippen molar-refractivity contribution in [2.24, 2.45) is 0 Å². The van der Waals surface area contributed by atoms with Gasteiger partial charge in [0.2, 0.25) is 0 Å². The van der Waals surface area contributed by atoms with Crippen molar-refractivity contribution in [3.63, 3.8) is 0 Å². The molecule has 0 aromatic heterocycles. The Kier molecular flexibility index (Phi) is 7.49. The van der Waals surface area contributed by atoms with Crippen LogP contribution in [-0.4, -0.2) is 91.1 Å². The number of carbonyl (C=O) groups is 1. The van der Waals surface area contributed by atoms with Gasteiger partial charge in [0.25, 0.3) is 10.1 Å². The van der Waals surface area contributed by atoms with Crippen LogP contribution in [0.25, 0.3) is 0 Å². The summed E-state index contributed by atoms with van der Waals surface area (Å²) in [5, 5.41) is 26.7. The van der Waals surface area contributed by atoms with Gasteiger partial charge in [-0.05, 0) is 12.1 Å². The Hall–Kier alpha value is -0.204. The summed E-state index contributed by atoms with van der Waals surface area (Å²) in [4.78, 5) is 9.50. The van der Waals surface area contributed by atoms with Gasteiger partial charge < -0.3 is 20.8 Å². The fourth-order valence-electron chi connectivity index (χ4n) is 0.942. The molecular weight excluding hydrogens is 283 g/mol. The van der Waals surface area contributed by atoms with Gasteiger partial charge in [0.1, 0.15) is 10.5 Å². The molecule has 0 radical (unpaired) electrons. The van der Waals surface area contributed by atoms with Crippen molar-refractivity contribution in [2.75, 3.05) is 0 Å². The summed E-state index contributed by atoms with van der Waals surface area (Å²) in [6.07, 6.45) is 0. The molecule has 0 aliphatic rings. The average molecular weight is 292 g/mol. The number of aromatic carboxylic acids is 1. The van der Waals surface area contributed by atoms with Gasteiger partial charge >= 0.3 is 57.4 Å². The first kappa shape index (κ1) is 19.1. The summed E-state index contributed by atoms with van der Waals surface area (Å²) in [6.45, 7) is 0. The van der Waals surface area contributed by atoms with Gasteiger partial charge in [-0.3, -0.25) is 4.55 Å². The van der Waals surface area contributed by atoms with Crippen molar-refractivity contribution in [3.05, 3.63) is 17.7 Å². The van der Waals surface area contributed by atoms with Crippen LogP contribution in [0.5, 0.6) is 11.5 Å². The van der Waals surface area contributed by atoms with E-state index in [-0.39, 0.29) is 56.9 Å². The fraction of sp³-hybridized carbons (Fsp3) is 0. The second-order valence-electron chi connectivity index (χ2n) is 2.59. The first-order valence-electron chi connectivity index (χ1n) is 3.51. The number of aromatic hydroxyl groups is 2. The van der Waals surface area contributed by atoms with E-state index in [1.807, 2.05) is 0 Å². The first-order valence-corrected chi connectivity index (χ1v) is 4.95. The Morgan fingerprint density at radius 3 is 1.94 bits per heavy atom. The van der Waals surface area contributed by atoms with Gasteiger partial charge in [0.05, 0.1) is 0 Å². The molecule has 0 saturated heterocycles. The van der Waals surface area contributed by atoms with Crippen LogP contribution in [0.1, 0.15) is 10.4 Å². The second kappa shape index (κ2) is 6.65. The topological polar surface area (TPSA) is 164 Å². The molecule has 0 spiro atoms. The molecule has 0 atom stereocenters. The van der Waals surface area contributed by atoms with E-state index in [1.165, 1.54) is 0 Å². The summed E-state index contributed by atoms with van der Waals surface area (Å²) in [6, 6.07) is 1.42. The Labute approximate surface area is 138 Å². The first-order chi connectivity index (χ1) is 6.75. The van der Waals surface area contributed by atoms with Crippen molar-refractivity contribution in [2.45, 2.75) is 4.90 Å². The maximum absolute atomic E-state index is 10.6. The van der Waals surface area contributed by atoms with Crippen molar-refractivity contribution in [1.29, 1.82) is 0 Å². The predicted molar refractivity (Wildman–Crippen MR) is 57.3 cm³/mol. The Balaban J connectivity index is 0. The molecule has 17 heavy (non-hydrogen) atoms. The Morgan fingerprint density at radius 2 is 1.59 bits per heavy atom.